The van der Waals surface area contributed by atoms with E-state index in [4.69, 9.17) is 9.73 Å². The summed E-state index contributed by atoms with van der Waals surface area (Å²) >= 11 is 1.38. The van der Waals surface area contributed by atoms with Gasteiger partial charge in [-0.3, -0.25) is 14.5 Å². The van der Waals surface area contributed by atoms with Crippen molar-refractivity contribution in [2.75, 3.05) is 11.9 Å². The molecule has 0 bridgehead atoms. The number of aryl methyl sites for hydroxylation is 1. The van der Waals surface area contributed by atoms with Gasteiger partial charge in [0.2, 0.25) is 11.8 Å². The number of ether oxygens (including phenoxy) is 1. The number of benzene rings is 2. The molecule has 2 amide bonds. The van der Waals surface area contributed by atoms with E-state index in [1.807, 2.05) is 62.4 Å². The molecular weight excluding hydrogens is 398 g/mol. The molecule has 7 heteroatoms. The molecule has 2 aromatic rings. The average Bonchev–Trinajstić information content (AvgIpc) is 3.51. The summed E-state index contributed by atoms with van der Waals surface area (Å²) < 4.78 is 5.47. The normalized spacial score (nSPS) is 19.9. The Hall–Kier alpha value is -2.80. The van der Waals surface area contributed by atoms with Crippen LogP contribution in [-0.4, -0.2) is 39.8 Å². The Bertz CT molecular complexity index is 970. The van der Waals surface area contributed by atoms with Gasteiger partial charge in [-0.2, -0.15) is 0 Å². The molecule has 4 rings (SSSR count). The quantitative estimate of drug-likeness (QED) is 0.711. The number of nitrogens with zero attached hydrogens (tertiary/aromatic N) is 2. The number of thioether (sulfide) groups is 1. The third-order valence-corrected chi connectivity index (χ3v) is 6.19. The van der Waals surface area contributed by atoms with Gasteiger partial charge in [0, 0.05) is 18.2 Å². The van der Waals surface area contributed by atoms with Gasteiger partial charge >= 0.3 is 0 Å². The minimum atomic E-state index is -0.448. The van der Waals surface area contributed by atoms with Crippen LogP contribution in [0.2, 0.25) is 0 Å². The van der Waals surface area contributed by atoms with Crippen molar-refractivity contribution in [3.63, 3.8) is 0 Å². The molecule has 2 fully saturated rings. The van der Waals surface area contributed by atoms with Crippen LogP contribution in [0.4, 0.5) is 11.4 Å². The van der Waals surface area contributed by atoms with E-state index in [-0.39, 0.29) is 24.3 Å². The molecule has 1 atom stereocenters. The molecule has 1 saturated heterocycles. The molecule has 156 valence electrons. The highest BCUT2D eigenvalue weighted by atomic mass is 32.2. The van der Waals surface area contributed by atoms with E-state index in [1.54, 1.807) is 4.90 Å². The lowest BCUT2D eigenvalue weighted by atomic mass is 10.2. The smallest absolute Gasteiger partial charge is 0.242 e. The largest absolute Gasteiger partial charge is 0.494 e. The maximum absolute atomic E-state index is 13.0. The predicted octanol–water partition coefficient (Wildman–Crippen LogP) is 4.52. The zero-order chi connectivity index (χ0) is 21.1. The minimum absolute atomic E-state index is 0.0212. The third-order valence-electron chi connectivity index (χ3n) is 5.04. The zero-order valence-corrected chi connectivity index (χ0v) is 17.9. The standard InChI is InChI=1S/C23H25N3O3S/c1-3-29-18-12-8-16(9-13-18)24-23-26(17-10-11-17)22(28)20(30-23)14-21(27)25-19-7-5-4-6-15(19)2/h4-9,12-13,17,20H,3,10-11,14H2,1-2H3,(H,25,27)/t20-/m1/s1. The Labute approximate surface area is 180 Å². The van der Waals surface area contributed by atoms with E-state index < -0.39 is 5.25 Å². The summed E-state index contributed by atoms with van der Waals surface area (Å²) in [4.78, 5) is 32.1. The number of aliphatic imine (C=N–C) groups is 1. The van der Waals surface area contributed by atoms with E-state index in [0.717, 1.165) is 35.5 Å². The van der Waals surface area contributed by atoms with Gasteiger partial charge in [0.05, 0.1) is 12.3 Å². The van der Waals surface area contributed by atoms with E-state index in [9.17, 15) is 9.59 Å². The van der Waals surface area contributed by atoms with Crippen LogP contribution in [0.5, 0.6) is 5.75 Å². The molecule has 6 nitrogen and oxygen atoms in total. The first kappa shape index (κ1) is 20.5. The van der Waals surface area contributed by atoms with E-state index in [1.165, 1.54) is 11.8 Å². The van der Waals surface area contributed by atoms with E-state index in [2.05, 4.69) is 5.32 Å². The van der Waals surface area contributed by atoms with E-state index >= 15 is 0 Å². The summed E-state index contributed by atoms with van der Waals surface area (Å²) in [5, 5.41) is 3.16. The molecule has 1 aliphatic carbocycles. The number of anilines is 1. The van der Waals surface area contributed by atoms with Gasteiger partial charge in [0.15, 0.2) is 5.17 Å². The van der Waals surface area contributed by atoms with Crippen LogP contribution in [-0.2, 0) is 9.59 Å². The first-order valence-corrected chi connectivity index (χ1v) is 11.1. The Kier molecular flexibility index (Phi) is 6.08. The topological polar surface area (TPSA) is 71.0 Å². The summed E-state index contributed by atoms with van der Waals surface area (Å²) in [6, 6.07) is 15.3. The van der Waals surface area contributed by atoms with Gasteiger partial charge in [-0.1, -0.05) is 30.0 Å². The highest BCUT2D eigenvalue weighted by Gasteiger charge is 2.46. The number of nitrogens with one attached hydrogen (secondary N) is 1. The highest BCUT2D eigenvalue weighted by molar-refractivity contribution is 8.15. The van der Waals surface area contributed by atoms with E-state index in [0.29, 0.717) is 11.8 Å². The second kappa shape index (κ2) is 8.92. The van der Waals surface area contributed by atoms with Crippen molar-refractivity contribution in [2.45, 2.75) is 44.4 Å². The molecule has 0 aromatic heterocycles. The molecule has 0 unspecified atom stereocenters. The molecule has 1 heterocycles. The first-order chi connectivity index (χ1) is 14.5. The Balaban J connectivity index is 1.47. The Morgan fingerprint density at radius 1 is 1.20 bits per heavy atom. The van der Waals surface area contributed by atoms with Gasteiger partial charge in [0.25, 0.3) is 0 Å². The molecule has 0 spiro atoms. The second-order valence-electron chi connectivity index (χ2n) is 7.43. The maximum atomic E-state index is 13.0. The molecule has 2 aliphatic rings. The molecule has 30 heavy (non-hydrogen) atoms. The lowest BCUT2D eigenvalue weighted by Gasteiger charge is -2.15. The third kappa shape index (κ3) is 4.67. The number of carbonyl (C=O) groups is 2. The first-order valence-electron chi connectivity index (χ1n) is 10.2. The van der Waals surface area contributed by atoms with Crippen LogP contribution in [0, 0.1) is 6.92 Å². The van der Waals surface area contributed by atoms with Crippen molar-refractivity contribution < 1.29 is 14.3 Å². The van der Waals surface area contributed by atoms with Crippen molar-refractivity contribution in [2.24, 2.45) is 4.99 Å². The van der Waals surface area contributed by atoms with Crippen molar-refractivity contribution in [1.29, 1.82) is 0 Å². The molecule has 2 aromatic carbocycles. The molecule has 1 saturated carbocycles. The van der Waals surface area contributed by atoms with Crippen LogP contribution in [0.3, 0.4) is 0 Å². The predicted molar refractivity (Wildman–Crippen MR) is 120 cm³/mol. The van der Waals surface area contributed by atoms with Gasteiger partial charge in [-0.25, -0.2) is 4.99 Å². The number of hydrogen-bond acceptors (Lipinski definition) is 5. The SMILES string of the molecule is CCOc1ccc(N=C2S[C@H](CC(=O)Nc3ccccc3C)C(=O)N2C2CC2)cc1. The highest BCUT2D eigenvalue weighted by Crippen LogP contribution is 2.39. The second-order valence-corrected chi connectivity index (χ2v) is 8.60. The van der Waals surface area contributed by atoms with Crippen LogP contribution >= 0.6 is 11.8 Å². The number of amidine groups is 1. The number of carbonyl (C=O) groups excluding carboxylic acids is 2. The summed E-state index contributed by atoms with van der Waals surface area (Å²) in [6.45, 7) is 4.50. The number of hydrogen-bond donors (Lipinski definition) is 1. The summed E-state index contributed by atoms with van der Waals surface area (Å²) in [5.74, 6) is 0.613. The fourth-order valence-electron chi connectivity index (χ4n) is 3.34. The number of para-hydroxylation sites is 1. The van der Waals surface area contributed by atoms with Crippen molar-refractivity contribution >= 4 is 40.1 Å². The van der Waals surface area contributed by atoms with Gasteiger partial charge < -0.3 is 10.1 Å². The number of amides is 2. The van der Waals surface area contributed by atoms with Crippen LogP contribution in [0.25, 0.3) is 0 Å². The fraction of sp³-hybridized carbons (Fsp3) is 0.348. The molecule has 0 radical (unpaired) electrons. The molecule has 1 N–H and O–H groups in total. The summed E-state index contributed by atoms with van der Waals surface area (Å²) in [5.41, 5.74) is 2.54. The van der Waals surface area contributed by atoms with Crippen LogP contribution < -0.4 is 10.1 Å². The Morgan fingerprint density at radius 3 is 2.60 bits per heavy atom. The van der Waals surface area contributed by atoms with Crippen molar-refractivity contribution in [3.05, 3.63) is 54.1 Å². The fourth-order valence-corrected chi connectivity index (χ4v) is 4.55. The summed E-state index contributed by atoms with van der Waals surface area (Å²) in [7, 11) is 0. The molecule has 1 aliphatic heterocycles. The van der Waals surface area contributed by atoms with Crippen molar-refractivity contribution in [1.82, 2.24) is 4.90 Å². The average molecular weight is 424 g/mol. The van der Waals surface area contributed by atoms with Crippen LogP contribution in [0.15, 0.2) is 53.5 Å². The lowest BCUT2D eigenvalue weighted by Crippen LogP contribution is -2.35. The summed E-state index contributed by atoms with van der Waals surface area (Å²) in [6.07, 6.45) is 2.09. The molecular formula is C23H25N3O3S. The zero-order valence-electron chi connectivity index (χ0n) is 17.1. The van der Waals surface area contributed by atoms with Crippen molar-refractivity contribution in [3.8, 4) is 5.75 Å². The number of rotatable bonds is 7. The van der Waals surface area contributed by atoms with Gasteiger partial charge in [-0.15, -0.1) is 0 Å². The van der Waals surface area contributed by atoms with Gasteiger partial charge in [0.1, 0.15) is 11.0 Å². The maximum Gasteiger partial charge on any atom is 0.242 e. The monoisotopic (exact) mass is 423 g/mol. The Morgan fingerprint density at radius 2 is 1.93 bits per heavy atom. The van der Waals surface area contributed by atoms with Crippen LogP contribution in [0.1, 0.15) is 31.7 Å². The minimum Gasteiger partial charge on any atom is -0.494 e. The van der Waals surface area contributed by atoms with Gasteiger partial charge in [-0.05, 0) is 62.6 Å². The lowest BCUT2D eigenvalue weighted by molar-refractivity contribution is -0.128.